The van der Waals surface area contributed by atoms with Crippen LogP contribution < -0.4 is 5.73 Å². The topological polar surface area (TPSA) is 115 Å². The first-order chi connectivity index (χ1) is 18.7. The molecule has 3 N–H and O–H groups in total. The van der Waals surface area contributed by atoms with Crippen molar-refractivity contribution in [3.63, 3.8) is 0 Å². The molecule has 0 radical (unpaired) electrons. The quantitative estimate of drug-likeness (QED) is 0.115. The second-order valence-corrected chi connectivity index (χ2v) is 13.5. The minimum atomic E-state index is -0.610. The molecule has 230 valence electrons. The number of carbonyl (C=O) groups excluding carboxylic acids is 2. The molecule has 0 aromatic carbocycles. The fraction of sp³-hybridized carbons (Fsp3) is 0.781. The summed E-state index contributed by atoms with van der Waals surface area (Å²) in [4.78, 5) is 28.0. The predicted molar refractivity (Wildman–Crippen MR) is 165 cm³/mol. The Kier molecular flexibility index (Phi) is 16.0. The normalized spacial score (nSPS) is 19.7. The molecule has 5 atom stereocenters. The van der Waals surface area contributed by atoms with Crippen LogP contribution in [0.2, 0.25) is 0 Å². The van der Waals surface area contributed by atoms with Gasteiger partial charge in [0.15, 0.2) is 0 Å². The highest BCUT2D eigenvalue weighted by Gasteiger charge is 2.48. The molecule has 8 heteroatoms. The Labute approximate surface area is 247 Å². The molecule has 0 bridgehead atoms. The van der Waals surface area contributed by atoms with E-state index in [-0.39, 0.29) is 29.3 Å². The summed E-state index contributed by atoms with van der Waals surface area (Å²) in [6, 6.07) is 0. The Morgan fingerprint density at radius 1 is 1.32 bits per heavy atom. The molecule has 0 aliphatic carbocycles. The Hall–Kier alpha value is -1.45. The number of hydrogen-bond donors (Lipinski definition) is 2. The molecular formula is C32H56N2O5S. The van der Waals surface area contributed by atoms with E-state index in [2.05, 4.69) is 44.1 Å². The molecule has 1 saturated heterocycles. The number of aryl methyl sites for hydroxylation is 1. The Balaban J connectivity index is 0.000000406. The number of aldehydes is 1. The lowest BCUT2D eigenvalue weighted by molar-refractivity contribution is -0.137. The van der Waals surface area contributed by atoms with E-state index in [0.717, 1.165) is 49.1 Å². The number of aliphatic hydroxyl groups excluding tert-OH is 1. The number of Topliss-reactive ketones (excluding diaryl/α,β-unsaturated/α-hetero) is 1. The largest absolute Gasteiger partial charge is 0.392 e. The van der Waals surface area contributed by atoms with Crippen molar-refractivity contribution in [2.24, 2.45) is 23.0 Å². The van der Waals surface area contributed by atoms with E-state index in [9.17, 15) is 14.7 Å². The molecule has 1 aromatic heterocycles. The van der Waals surface area contributed by atoms with Gasteiger partial charge in [-0.2, -0.15) is 0 Å². The number of ether oxygens (including phenoxy) is 2. The number of unbranched alkanes of at least 4 members (excludes halogenated alkanes) is 1. The van der Waals surface area contributed by atoms with Crippen LogP contribution in [-0.2, 0) is 19.1 Å². The Bertz CT molecular complexity index is 926. The molecule has 0 unspecified atom stereocenters. The van der Waals surface area contributed by atoms with Gasteiger partial charge >= 0.3 is 0 Å². The smallest absolute Gasteiger partial charge is 0.144 e. The van der Waals surface area contributed by atoms with Gasteiger partial charge in [0.1, 0.15) is 12.1 Å². The number of epoxide rings is 1. The predicted octanol–water partition coefficient (Wildman–Crippen LogP) is 6.54. The van der Waals surface area contributed by atoms with Gasteiger partial charge in [0.2, 0.25) is 0 Å². The summed E-state index contributed by atoms with van der Waals surface area (Å²) < 4.78 is 11.2. The summed E-state index contributed by atoms with van der Waals surface area (Å²) in [6.07, 6.45) is 8.91. The molecule has 1 fully saturated rings. The second-order valence-electron chi connectivity index (χ2n) is 12.5. The van der Waals surface area contributed by atoms with Gasteiger partial charge in [0.25, 0.3) is 0 Å². The first-order valence-electron chi connectivity index (χ1n) is 14.9. The third-order valence-electron chi connectivity index (χ3n) is 8.00. The zero-order chi connectivity index (χ0) is 30.5. The molecule has 1 aliphatic heterocycles. The summed E-state index contributed by atoms with van der Waals surface area (Å²) in [7, 11) is 1.75. The summed E-state index contributed by atoms with van der Waals surface area (Å²) >= 11 is 1.67. The van der Waals surface area contributed by atoms with Gasteiger partial charge in [0.05, 0.1) is 34.6 Å². The molecular weight excluding hydrogens is 524 g/mol. The molecule has 7 nitrogen and oxygen atoms in total. The van der Waals surface area contributed by atoms with E-state index in [4.69, 9.17) is 15.2 Å². The number of rotatable bonds is 18. The van der Waals surface area contributed by atoms with Crippen LogP contribution in [-0.4, -0.2) is 59.7 Å². The minimum Gasteiger partial charge on any atom is -0.392 e. The number of hydrogen-bond acceptors (Lipinski definition) is 8. The van der Waals surface area contributed by atoms with Crippen molar-refractivity contribution in [2.45, 2.75) is 131 Å². The molecule has 0 amide bonds. The standard InChI is InChI=1S/C18H35NO3.C14H21NO2S/c1-5-9-14(2)16(21)15(10-6-7-12-19)17(22)18(3,4)11-8-13-20;1-9(6-11-8-18-10(2)15-11)12(16-5)7-13-14(3,4)17-13/h13-16,21H,5-12,19H2,1-4H3;6,8,12-13H,7H2,1-5H3/b;9-6+/t14-,15+,16-;12-,13-/m00/s1. The van der Waals surface area contributed by atoms with E-state index >= 15 is 0 Å². The number of ketones is 1. The van der Waals surface area contributed by atoms with Crippen LogP contribution in [0, 0.1) is 24.2 Å². The van der Waals surface area contributed by atoms with Crippen LogP contribution >= 0.6 is 11.3 Å². The molecule has 1 aliphatic rings. The molecule has 2 rings (SSSR count). The average molecular weight is 581 g/mol. The van der Waals surface area contributed by atoms with E-state index in [0.29, 0.717) is 31.9 Å². The van der Waals surface area contributed by atoms with Crippen molar-refractivity contribution in [3.05, 3.63) is 21.7 Å². The van der Waals surface area contributed by atoms with Crippen LogP contribution in [0.25, 0.3) is 6.08 Å². The van der Waals surface area contributed by atoms with Crippen LogP contribution in [0.5, 0.6) is 0 Å². The van der Waals surface area contributed by atoms with Crippen molar-refractivity contribution in [1.82, 2.24) is 4.98 Å². The fourth-order valence-corrected chi connectivity index (χ4v) is 5.70. The first kappa shape index (κ1) is 36.6. The molecule has 0 spiro atoms. The Morgan fingerprint density at radius 2 is 1.98 bits per heavy atom. The van der Waals surface area contributed by atoms with Gasteiger partial charge < -0.3 is 25.1 Å². The fourth-order valence-electron chi connectivity index (χ4n) is 5.13. The maximum Gasteiger partial charge on any atom is 0.144 e. The van der Waals surface area contributed by atoms with Crippen LogP contribution in [0.15, 0.2) is 11.0 Å². The van der Waals surface area contributed by atoms with Crippen molar-refractivity contribution in [1.29, 1.82) is 0 Å². The highest BCUT2D eigenvalue weighted by molar-refractivity contribution is 7.09. The summed E-state index contributed by atoms with van der Waals surface area (Å²) in [6.45, 7) is 16.8. The number of aromatic nitrogens is 1. The van der Waals surface area contributed by atoms with Crippen LogP contribution in [0.1, 0.15) is 111 Å². The zero-order valence-corrected chi connectivity index (χ0v) is 27.3. The molecule has 1 aromatic rings. The lowest BCUT2D eigenvalue weighted by Crippen LogP contribution is -2.40. The number of carbonyl (C=O) groups is 2. The number of methoxy groups -OCH3 is 1. The third-order valence-corrected chi connectivity index (χ3v) is 8.79. The van der Waals surface area contributed by atoms with Crippen molar-refractivity contribution >= 4 is 29.5 Å². The summed E-state index contributed by atoms with van der Waals surface area (Å²) in [5.74, 6) is -0.157. The number of nitrogens with zero attached hydrogens (tertiary/aromatic N) is 1. The summed E-state index contributed by atoms with van der Waals surface area (Å²) in [5, 5.41) is 13.8. The Morgan fingerprint density at radius 3 is 2.45 bits per heavy atom. The molecule has 0 saturated carbocycles. The van der Waals surface area contributed by atoms with Crippen molar-refractivity contribution in [2.75, 3.05) is 13.7 Å². The van der Waals surface area contributed by atoms with Gasteiger partial charge in [-0.25, -0.2) is 4.98 Å². The SMILES string of the molecule is CCC[C@H](C)[C@H](O)[C@@H](CCCCN)C(=O)C(C)(C)CCC=O.CO[C@@H](C[C@@H]1OC1(C)C)/C(C)=C/c1csc(C)n1. The van der Waals surface area contributed by atoms with E-state index in [1.54, 1.807) is 18.4 Å². The van der Waals surface area contributed by atoms with Crippen molar-refractivity contribution < 1.29 is 24.2 Å². The monoisotopic (exact) mass is 580 g/mol. The van der Waals surface area contributed by atoms with Gasteiger partial charge in [-0.15, -0.1) is 11.3 Å². The zero-order valence-electron chi connectivity index (χ0n) is 26.5. The summed E-state index contributed by atoms with van der Waals surface area (Å²) in [5.41, 5.74) is 7.22. The first-order valence-corrected chi connectivity index (χ1v) is 15.8. The van der Waals surface area contributed by atoms with Gasteiger partial charge in [0, 0.05) is 36.7 Å². The number of nitrogens with two attached hydrogens (primary N) is 1. The highest BCUT2D eigenvalue weighted by atomic mass is 32.1. The third kappa shape index (κ3) is 12.2. The van der Waals surface area contributed by atoms with Crippen LogP contribution in [0.4, 0.5) is 0 Å². The maximum absolute atomic E-state index is 12.9. The number of aliphatic hydroxyl groups is 1. The lowest BCUT2D eigenvalue weighted by atomic mass is 9.72. The minimum absolute atomic E-state index is 0.0221. The molecule has 40 heavy (non-hydrogen) atoms. The lowest BCUT2D eigenvalue weighted by Gasteiger charge is -2.33. The highest BCUT2D eigenvalue weighted by Crippen LogP contribution is 2.39. The van der Waals surface area contributed by atoms with Gasteiger partial charge in [-0.1, -0.05) is 40.5 Å². The number of thiazole rings is 1. The van der Waals surface area contributed by atoms with E-state index < -0.39 is 11.5 Å². The van der Waals surface area contributed by atoms with E-state index in [1.807, 2.05) is 27.7 Å². The van der Waals surface area contributed by atoms with E-state index in [1.165, 1.54) is 5.57 Å². The molecule has 2 heterocycles. The maximum atomic E-state index is 12.9. The van der Waals surface area contributed by atoms with Crippen LogP contribution in [0.3, 0.4) is 0 Å². The second kappa shape index (κ2) is 17.5. The average Bonchev–Trinajstić information content (AvgIpc) is 3.29. The van der Waals surface area contributed by atoms with Gasteiger partial charge in [-0.05, 0) is 77.5 Å². The van der Waals surface area contributed by atoms with Gasteiger partial charge in [-0.3, -0.25) is 4.79 Å². The van der Waals surface area contributed by atoms with Crippen molar-refractivity contribution in [3.8, 4) is 0 Å².